The number of hydrogen-bond donors (Lipinski definition) is 0. The van der Waals surface area contributed by atoms with E-state index in [-0.39, 0.29) is 12.2 Å². The van der Waals surface area contributed by atoms with Crippen molar-refractivity contribution in [3.63, 3.8) is 0 Å². The monoisotopic (exact) mass is 270 g/mol. The Labute approximate surface area is 108 Å². The van der Waals surface area contributed by atoms with Crippen molar-refractivity contribution in [3.05, 3.63) is 35.4 Å². The van der Waals surface area contributed by atoms with Gasteiger partial charge in [-0.15, -0.1) is 0 Å². The van der Waals surface area contributed by atoms with Crippen LogP contribution < -0.4 is 0 Å². The largest absolute Gasteiger partial charge is 0.469 e. The molecule has 1 unspecified atom stereocenters. The molecule has 5 heteroatoms. The van der Waals surface area contributed by atoms with E-state index >= 15 is 0 Å². The lowest BCUT2D eigenvalue weighted by molar-refractivity contribution is -0.140. The molecule has 100 valence electrons. The highest BCUT2D eigenvalue weighted by molar-refractivity contribution is 7.91. The van der Waals surface area contributed by atoms with Gasteiger partial charge in [0.05, 0.1) is 24.5 Å². The number of methoxy groups -OCH3 is 1. The standard InChI is InChI=1S/C13H18O4S/c1-10-5-4-6-12(7-10)9-18(15,16)11(2)8-13(14)17-3/h4-7,11H,8-9H2,1-3H3. The van der Waals surface area contributed by atoms with Gasteiger partial charge in [-0.25, -0.2) is 8.42 Å². The average molecular weight is 270 g/mol. The van der Waals surface area contributed by atoms with Crippen LogP contribution in [0.5, 0.6) is 0 Å². The minimum atomic E-state index is -3.34. The van der Waals surface area contributed by atoms with Gasteiger partial charge in [0, 0.05) is 0 Å². The third kappa shape index (κ3) is 4.14. The van der Waals surface area contributed by atoms with E-state index < -0.39 is 21.1 Å². The van der Waals surface area contributed by atoms with Crippen LogP contribution in [-0.4, -0.2) is 26.7 Å². The smallest absolute Gasteiger partial charge is 0.306 e. The van der Waals surface area contributed by atoms with E-state index in [1.807, 2.05) is 25.1 Å². The third-order valence-electron chi connectivity index (χ3n) is 2.75. The number of sulfone groups is 1. The Bertz CT molecular complexity index is 520. The molecule has 4 nitrogen and oxygen atoms in total. The molecule has 0 spiro atoms. The molecule has 0 aromatic heterocycles. The number of benzene rings is 1. The minimum Gasteiger partial charge on any atom is -0.469 e. The molecule has 0 heterocycles. The fraction of sp³-hybridized carbons (Fsp3) is 0.462. The molecule has 1 aromatic carbocycles. The van der Waals surface area contributed by atoms with Gasteiger partial charge < -0.3 is 4.74 Å². The van der Waals surface area contributed by atoms with E-state index in [4.69, 9.17) is 0 Å². The number of hydrogen-bond acceptors (Lipinski definition) is 4. The van der Waals surface area contributed by atoms with Gasteiger partial charge in [-0.1, -0.05) is 29.8 Å². The van der Waals surface area contributed by atoms with E-state index in [1.54, 1.807) is 6.07 Å². The molecule has 0 bridgehead atoms. The lowest BCUT2D eigenvalue weighted by atomic mass is 10.2. The summed E-state index contributed by atoms with van der Waals surface area (Å²) in [7, 11) is -2.08. The Morgan fingerprint density at radius 3 is 2.61 bits per heavy atom. The van der Waals surface area contributed by atoms with Gasteiger partial charge in [0.2, 0.25) is 0 Å². The lowest BCUT2D eigenvalue weighted by Crippen LogP contribution is -2.23. The fourth-order valence-electron chi connectivity index (χ4n) is 1.62. The van der Waals surface area contributed by atoms with Crippen molar-refractivity contribution in [2.75, 3.05) is 7.11 Å². The molecule has 0 radical (unpaired) electrons. The molecule has 0 aliphatic carbocycles. The average Bonchev–Trinajstić information content (AvgIpc) is 2.28. The zero-order valence-electron chi connectivity index (χ0n) is 10.8. The van der Waals surface area contributed by atoms with Crippen LogP contribution >= 0.6 is 0 Å². The summed E-state index contributed by atoms with van der Waals surface area (Å²) in [5.41, 5.74) is 1.76. The maximum Gasteiger partial charge on any atom is 0.306 e. The summed E-state index contributed by atoms with van der Waals surface area (Å²) in [6.45, 7) is 3.44. The van der Waals surface area contributed by atoms with Crippen LogP contribution in [0, 0.1) is 6.92 Å². The SMILES string of the molecule is COC(=O)CC(C)S(=O)(=O)Cc1cccc(C)c1. The normalized spacial score (nSPS) is 13.1. The summed E-state index contributed by atoms with van der Waals surface area (Å²) in [4.78, 5) is 11.1. The van der Waals surface area contributed by atoms with Crippen molar-refractivity contribution in [2.45, 2.75) is 31.3 Å². The van der Waals surface area contributed by atoms with Gasteiger partial charge in [-0.05, 0) is 19.4 Å². The molecule has 0 fully saturated rings. The summed E-state index contributed by atoms with van der Waals surface area (Å²) in [5, 5.41) is -0.731. The number of carbonyl (C=O) groups is 1. The Balaban J connectivity index is 2.78. The van der Waals surface area contributed by atoms with Crippen molar-refractivity contribution < 1.29 is 17.9 Å². The molecule has 0 aliphatic heterocycles. The summed E-state index contributed by atoms with van der Waals surface area (Å²) in [5.74, 6) is -0.553. The van der Waals surface area contributed by atoms with E-state index in [0.29, 0.717) is 0 Å². The second kappa shape index (κ2) is 6.00. The lowest BCUT2D eigenvalue weighted by Gasteiger charge is -2.12. The molecule has 0 N–H and O–H groups in total. The number of rotatable bonds is 5. The predicted molar refractivity (Wildman–Crippen MR) is 69.9 cm³/mol. The van der Waals surface area contributed by atoms with Crippen LogP contribution in [0.2, 0.25) is 0 Å². The third-order valence-corrected chi connectivity index (χ3v) is 4.87. The fourth-order valence-corrected chi connectivity index (χ4v) is 2.94. The van der Waals surface area contributed by atoms with Crippen molar-refractivity contribution in [2.24, 2.45) is 0 Å². The Morgan fingerprint density at radius 2 is 2.06 bits per heavy atom. The molecule has 0 saturated heterocycles. The van der Waals surface area contributed by atoms with E-state index in [1.165, 1.54) is 14.0 Å². The summed E-state index contributed by atoms with van der Waals surface area (Å²) >= 11 is 0. The van der Waals surface area contributed by atoms with Crippen molar-refractivity contribution in [1.29, 1.82) is 0 Å². The van der Waals surface area contributed by atoms with Gasteiger partial charge >= 0.3 is 5.97 Å². The molecule has 1 aromatic rings. The highest BCUT2D eigenvalue weighted by atomic mass is 32.2. The van der Waals surface area contributed by atoms with Crippen LogP contribution in [0.3, 0.4) is 0 Å². The molecular weight excluding hydrogens is 252 g/mol. The number of esters is 1. The second-order valence-corrected chi connectivity index (χ2v) is 6.81. The highest BCUT2D eigenvalue weighted by Gasteiger charge is 2.24. The second-order valence-electron chi connectivity index (χ2n) is 4.39. The summed E-state index contributed by atoms with van der Waals surface area (Å²) < 4.78 is 28.6. The Kier molecular flexibility index (Phi) is 4.90. The minimum absolute atomic E-state index is 0.0488. The van der Waals surface area contributed by atoms with Crippen molar-refractivity contribution in [1.82, 2.24) is 0 Å². The molecule has 1 rings (SSSR count). The van der Waals surface area contributed by atoms with Gasteiger partial charge in [-0.2, -0.15) is 0 Å². The Hall–Kier alpha value is -1.36. The van der Waals surface area contributed by atoms with Crippen LogP contribution in [0.4, 0.5) is 0 Å². The molecule has 0 amide bonds. The van der Waals surface area contributed by atoms with Crippen LogP contribution in [0.25, 0.3) is 0 Å². The first-order chi connectivity index (χ1) is 8.35. The predicted octanol–water partition coefficient (Wildman–Crippen LogP) is 1.86. The zero-order valence-corrected chi connectivity index (χ0v) is 11.7. The Morgan fingerprint density at radius 1 is 1.39 bits per heavy atom. The number of aryl methyl sites for hydroxylation is 1. The van der Waals surface area contributed by atoms with Crippen LogP contribution in [0.15, 0.2) is 24.3 Å². The first-order valence-electron chi connectivity index (χ1n) is 5.69. The number of carbonyl (C=O) groups excluding carboxylic acids is 1. The van der Waals surface area contributed by atoms with Crippen molar-refractivity contribution in [3.8, 4) is 0 Å². The first-order valence-corrected chi connectivity index (χ1v) is 7.40. The maximum atomic E-state index is 12.1. The topological polar surface area (TPSA) is 60.4 Å². The summed E-state index contributed by atoms with van der Waals surface area (Å²) in [6.07, 6.45) is -0.106. The van der Waals surface area contributed by atoms with Gasteiger partial charge in [-0.3, -0.25) is 4.79 Å². The highest BCUT2D eigenvalue weighted by Crippen LogP contribution is 2.15. The quantitative estimate of drug-likeness (QED) is 0.766. The molecule has 0 saturated carbocycles. The zero-order chi connectivity index (χ0) is 13.8. The molecule has 18 heavy (non-hydrogen) atoms. The van der Waals surface area contributed by atoms with Gasteiger partial charge in [0.25, 0.3) is 0 Å². The maximum absolute atomic E-state index is 12.1. The molecule has 0 aliphatic rings. The van der Waals surface area contributed by atoms with Crippen LogP contribution in [0.1, 0.15) is 24.5 Å². The van der Waals surface area contributed by atoms with E-state index in [9.17, 15) is 13.2 Å². The van der Waals surface area contributed by atoms with E-state index in [0.717, 1.165) is 11.1 Å². The number of ether oxygens (including phenoxy) is 1. The molecular formula is C13H18O4S. The summed E-state index contributed by atoms with van der Waals surface area (Å²) in [6, 6.07) is 7.34. The van der Waals surface area contributed by atoms with Crippen LogP contribution in [-0.2, 0) is 25.1 Å². The van der Waals surface area contributed by atoms with Crippen molar-refractivity contribution >= 4 is 15.8 Å². The molecule has 1 atom stereocenters. The van der Waals surface area contributed by atoms with Gasteiger partial charge in [0.15, 0.2) is 9.84 Å². The van der Waals surface area contributed by atoms with E-state index in [2.05, 4.69) is 4.74 Å². The first kappa shape index (κ1) is 14.7. The van der Waals surface area contributed by atoms with Gasteiger partial charge in [0.1, 0.15) is 0 Å².